The van der Waals surface area contributed by atoms with E-state index in [-0.39, 0.29) is 17.5 Å². The molecule has 1 heterocycles. The Kier molecular flexibility index (Phi) is 6.84. The molecule has 0 atom stereocenters. The quantitative estimate of drug-likeness (QED) is 0.245. The summed E-state index contributed by atoms with van der Waals surface area (Å²) in [4.78, 5) is 30.2. The van der Waals surface area contributed by atoms with E-state index < -0.39 is 12.0 Å². The lowest BCUT2D eigenvalue weighted by atomic mass is 10.0. The van der Waals surface area contributed by atoms with E-state index in [2.05, 4.69) is 25.6 Å². The first-order valence-electron chi connectivity index (χ1n) is 11.0. The molecule has 1 amide bonds. The molecule has 0 radical (unpaired) electrons. The van der Waals surface area contributed by atoms with Crippen LogP contribution in [0.2, 0.25) is 0 Å². The van der Waals surface area contributed by atoms with E-state index in [9.17, 15) is 14.7 Å². The van der Waals surface area contributed by atoms with Gasteiger partial charge in [-0.15, -0.1) is 9.78 Å². The standard InChI is InChI=1S/C25H26N8O3/c1-32(2)14-15-3-7-20(8-4-15)28-24-30-23(27)33(31-24)25(36)29-21-9-5-16(6-10-21)17-11-18(22(34)35)13-19(26)12-17/h3-13H,14,26H2,1-2H3,(H,29,36)(H,34,35)(H3,27,28,30,31). The summed E-state index contributed by atoms with van der Waals surface area (Å²) in [7, 11) is 4.00. The van der Waals surface area contributed by atoms with Gasteiger partial charge in [-0.25, -0.2) is 9.59 Å². The maximum absolute atomic E-state index is 12.7. The zero-order chi connectivity index (χ0) is 25.8. The number of hydrogen-bond donors (Lipinski definition) is 5. The predicted octanol–water partition coefficient (Wildman–Crippen LogP) is 3.69. The Morgan fingerprint density at radius 2 is 1.61 bits per heavy atom. The molecular formula is C25H26N8O3. The van der Waals surface area contributed by atoms with Gasteiger partial charge in [0.15, 0.2) is 0 Å². The van der Waals surface area contributed by atoms with Crippen LogP contribution in [-0.2, 0) is 6.54 Å². The minimum atomic E-state index is -1.06. The third kappa shape index (κ3) is 5.77. The van der Waals surface area contributed by atoms with Crippen LogP contribution in [-0.4, -0.2) is 50.9 Å². The molecular weight excluding hydrogens is 460 g/mol. The van der Waals surface area contributed by atoms with E-state index in [0.29, 0.717) is 16.9 Å². The van der Waals surface area contributed by atoms with Crippen molar-refractivity contribution < 1.29 is 14.7 Å². The van der Waals surface area contributed by atoms with Crippen molar-refractivity contribution in [3.05, 3.63) is 77.9 Å². The summed E-state index contributed by atoms with van der Waals surface area (Å²) in [5.41, 5.74) is 16.0. The Morgan fingerprint density at radius 1 is 0.944 bits per heavy atom. The Morgan fingerprint density at radius 3 is 2.25 bits per heavy atom. The second-order valence-corrected chi connectivity index (χ2v) is 8.42. The van der Waals surface area contributed by atoms with Crippen LogP contribution in [0.3, 0.4) is 0 Å². The van der Waals surface area contributed by atoms with Gasteiger partial charge in [-0.2, -0.15) is 4.98 Å². The number of carboxylic acids is 1. The van der Waals surface area contributed by atoms with Crippen molar-refractivity contribution in [1.29, 1.82) is 0 Å². The maximum Gasteiger partial charge on any atom is 0.349 e. The van der Waals surface area contributed by atoms with Crippen molar-refractivity contribution in [2.75, 3.05) is 36.2 Å². The van der Waals surface area contributed by atoms with Crippen LogP contribution in [0.5, 0.6) is 0 Å². The number of nitrogens with zero attached hydrogens (tertiary/aromatic N) is 4. The molecule has 0 unspecified atom stereocenters. The van der Waals surface area contributed by atoms with Crippen molar-refractivity contribution in [3.8, 4) is 11.1 Å². The third-order valence-corrected chi connectivity index (χ3v) is 5.21. The average molecular weight is 487 g/mol. The molecule has 11 nitrogen and oxygen atoms in total. The van der Waals surface area contributed by atoms with Crippen molar-refractivity contribution in [2.45, 2.75) is 6.54 Å². The van der Waals surface area contributed by atoms with E-state index in [1.807, 2.05) is 38.4 Å². The molecule has 0 aliphatic rings. The second-order valence-electron chi connectivity index (χ2n) is 8.42. The normalized spacial score (nSPS) is 10.9. The van der Waals surface area contributed by atoms with Crippen LogP contribution < -0.4 is 22.1 Å². The molecule has 184 valence electrons. The first-order valence-corrected chi connectivity index (χ1v) is 11.0. The molecule has 0 aliphatic heterocycles. The predicted molar refractivity (Wildman–Crippen MR) is 139 cm³/mol. The minimum Gasteiger partial charge on any atom is -0.478 e. The zero-order valence-electron chi connectivity index (χ0n) is 19.8. The summed E-state index contributed by atoms with van der Waals surface area (Å²) in [6.07, 6.45) is 0. The Balaban J connectivity index is 1.43. The van der Waals surface area contributed by atoms with Crippen LogP contribution >= 0.6 is 0 Å². The lowest BCUT2D eigenvalue weighted by Gasteiger charge is -2.10. The smallest absolute Gasteiger partial charge is 0.349 e. The lowest BCUT2D eigenvalue weighted by molar-refractivity contribution is 0.0697. The van der Waals surface area contributed by atoms with Crippen LogP contribution in [0, 0.1) is 0 Å². The van der Waals surface area contributed by atoms with Gasteiger partial charge in [0.05, 0.1) is 5.56 Å². The van der Waals surface area contributed by atoms with Crippen LogP contribution in [0.15, 0.2) is 66.7 Å². The number of amides is 1. The fourth-order valence-electron chi connectivity index (χ4n) is 3.58. The van der Waals surface area contributed by atoms with Gasteiger partial charge < -0.3 is 32.1 Å². The molecule has 7 N–H and O–H groups in total. The van der Waals surface area contributed by atoms with Crippen LogP contribution in [0.1, 0.15) is 15.9 Å². The van der Waals surface area contributed by atoms with Gasteiger partial charge in [0.2, 0.25) is 11.9 Å². The fourth-order valence-corrected chi connectivity index (χ4v) is 3.58. The summed E-state index contributed by atoms with van der Waals surface area (Å²) in [5, 5.41) is 19.1. The number of anilines is 5. The van der Waals surface area contributed by atoms with Gasteiger partial charge in [-0.05, 0) is 73.3 Å². The number of benzene rings is 3. The number of carbonyl (C=O) groups is 2. The molecule has 3 aromatic carbocycles. The number of hydrogen-bond acceptors (Lipinski definition) is 8. The summed E-state index contributed by atoms with van der Waals surface area (Å²) in [6.45, 7) is 0.823. The molecule has 0 aliphatic carbocycles. The van der Waals surface area contributed by atoms with Gasteiger partial charge in [0.25, 0.3) is 0 Å². The lowest BCUT2D eigenvalue weighted by Crippen LogP contribution is -2.22. The highest BCUT2D eigenvalue weighted by molar-refractivity contribution is 5.93. The van der Waals surface area contributed by atoms with E-state index in [0.717, 1.165) is 28.0 Å². The molecule has 4 aromatic rings. The molecule has 11 heteroatoms. The van der Waals surface area contributed by atoms with Gasteiger partial charge in [0.1, 0.15) is 0 Å². The highest BCUT2D eigenvalue weighted by atomic mass is 16.4. The third-order valence-electron chi connectivity index (χ3n) is 5.21. The molecule has 4 rings (SSSR count). The molecule has 0 saturated carbocycles. The SMILES string of the molecule is CN(C)Cc1ccc(Nc2nc(N)n(C(=O)Nc3ccc(-c4cc(N)cc(C(=O)O)c4)cc3)n2)cc1. The first-order chi connectivity index (χ1) is 17.2. The Hall–Kier alpha value is -4.90. The molecule has 0 bridgehead atoms. The number of nitrogen functional groups attached to an aromatic ring is 2. The van der Waals surface area contributed by atoms with Crippen molar-refractivity contribution in [1.82, 2.24) is 19.7 Å². The summed E-state index contributed by atoms with van der Waals surface area (Å²) in [5.74, 6) is -0.945. The number of carboxylic acid groups (broad SMARTS) is 1. The molecule has 0 spiro atoms. The van der Waals surface area contributed by atoms with Crippen LogP contribution in [0.25, 0.3) is 11.1 Å². The molecule has 0 fully saturated rings. The number of aromatic nitrogens is 3. The van der Waals surface area contributed by atoms with E-state index in [1.165, 1.54) is 12.1 Å². The summed E-state index contributed by atoms with van der Waals surface area (Å²) in [6, 6.07) is 18.7. The van der Waals surface area contributed by atoms with E-state index in [1.54, 1.807) is 30.3 Å². The monoisotopic (exact) mass is 486 g/mol. The Bertz CT molecular complexity index is 1400. The number of carbonyl (C=O) groups excluding carboxylic acids is 1. The highest BCUT2D eigenvalue weighted by Gasteiger charge is 2.15. The average Bonchev–Trinajstić information content (AvgIpc) is 3.20. The highest BCUT2D eigenvalue weighted by Crippen LogP contribution is 2.25. The van der Waals surface area contributed by atoms with Crippen LogP contribution in [0.4, 0.5) is 33.8 Å². The van der Waals surface area contributed by atoms with Crippen molar-refractivity contribution >= 4 is 41.0 Å². The topological polar surface area (TPSA) is 164 Å². The van der Waals surface area contributed by atoms with Crippen molar-refractivity contribution in [2.24, 2.45) is 0 Å². The molecule has 0 saturated heterocycles. The van der Waals surface area contributed by atoms with E-state index >= 15 is 0 Å². The van der Waals surface area contributed by atoms with Crippen molar-refractivity contribution in [3.63, 3.8) is 0 Å². The van der Waals surface area contributed by atoms with Gasteiger partial charge in [0, 0.05) is 23.6 Å². The maximum atomic E-state index is 12.7. The number of nitrogens with two attached hydrogens (primary N) is 2. The molecule has 1 aromatic heterocycles. The number of rotatable bonds is 7. The fraction of sp³-hybridized carbons (Fsp3) is 0.120. The Labute approximate surface area is 207 Å². The first kappa shape index (κ1) is 24.2. The van der Waals surface area contributed by atoms with Gasteiger partial charge in [-0.1, -0.05) is 24.3 Å². The van der Waals surface area contributed by atoms with E-state index in [4.69, 9.17) is 11.5 Å². The number of nitrogens with one attached hydrogen (secondary N) is 2. The number of aromatic carboxylic acids is 1. The second kappa shape index (κ2) is 10.2. The summed E-state index contributed by atoms with van der Waals surface area (Å²) >= 11 is 0. The van der Waals surface area contributed by atoms with Gasteiger partial charge >= 0.3 is 12.0 Å². The zero-order valence-corrected chi connectivity index (χ0v) is 19.8. The summed E-state index contributed by atoms with van der Waals surface area (Å²) < 4.78 is 0.966. The minimum absolute atomic E-state index is 0.0724. The largest absolute Gasteiger partial charge is 0.478 e. The molecule has 36 heavy (non-hydrogen) atoms. The van der Waals surface area contributed by atoms with Gasteiger partial charge in [-0.3, -0.25) is 0 Å².